The first kappa shape index (κ1) is 16.5. The molecule has 0 unspecified atom stereocenters. The van der Waals surface area contributed by atoms with Crippen molar-refractivity contribution >= 4 is 23.2 Å². The van der Waals surface area contributed by atoms with E-state index in [4.69, 9.17) is 0 Å². The number of carbonyl (C=O) groups excluding carboxylic acids is 2. The van der Waals surface area contributed by atoms with Crippen molar-refractivity contribution in [2.45, 2.75) is 51.9 Å². The molecule has 1 fully saturated rings. The largest absolute Gasteiger partial charge is 0.356 e. The van der Waals surface area contributed by atoms with Crippen molar-refractivity contribution in [2.24, 2.45) is 5.92 Å². The van der Waals surface area contributed by atoms with Gasteiger partial charge < -0.3 is 10.2 Å². The molecule has 3 rings (SSSR count). The van der Waals surface area contributed by atoms with Gasteiger partial charge in [0.25, 0.3) is 5.91 Å². The number of rotatable bonds is 4. The molecule has 1 N–H and O–H groups in total. The smallest absolute Gasteiger partial charge is 0.263 e. The minimum absolute atomic E-state index is 0.0714. The molecule has 0 radical (unpaired) electrons. The SMILES string of the molecule is CCCNC(=O)C1CCN(C(=O)c2cc3c(s2)CCCC3)CC1. The third kappa shape index (κ3) is 3.77. The molecule has 1 aliphatic heterocycles. The lowest BCUT2D eigenvalue weighted by Gasteiger charge is -2.31. The fourth-order valence-corrected chi connectivity index (χ4v) is 4.71. The Bertz CT molecular complexity index is 550. The van der Waals surface area contributed by atoms with Crippen LogP contribution < -0.4 is 5.32 Å². The van der Waals surface area contributed by atoms with Crippen LogP contribution in [-0.2, 0) is 17.6 Å². The molecule has 2 amide bonds. The van der Waals surface area contributed by atoms with Crippen LogP contribution in [0.25, 0.3) is 0 Å². The normalized spacial score (nSPS) is 18.6. The van der Waals surface area contributed by atoms with E-state index in [1.54, 1.807) is 11.3 Å². The molecule has 126 valence electrons. The van der Waals surface area contributed by atoms with Gasteiger partial charge >= 0.3 is 0 Å². The summed E-state index contributed by atoms with van der Waals surface area (Å²) >= 11 is 1.68. The zero-order chi connectivity index (χ0) is 16.2. The van der Waals surface area contributed by atoms with Crippen LogP contribution in [0.15, 0.2) is 6.07 Å². The number of amides is 2. The van der Waals surface area contributed by atoms with Crippen LogP contribution in [0.5, 0.6) is 0 Å². The molecule has 1 saturated heterocycles. The number of hydrogen-bond acceptors (Lipinski definition) is 3. The van der Waals surface area contributed by atoms with Crippen LogP contribution in [0.3, 0.4) is 0 Å². The zero-order valence-electron chi connectivity index (χ0n) is 13.9. The first-order valence-electron chi connectivity index (χ1n) is 8.87. The molecular formula is C18H26N2O2S. The molecule has 23 heavy (non-hydrogen) atoms. The Morgan fingerprint density at radius 2 is 2.00 bits per heavy atom. The highest BCUT2D eigenvalue weighted by atomic mass is 32.1. The van der Waals surface area contributed by atoms with E-state index in [0.29, 0.717) is 13.1 Å². The van der Waals surface area contributed by atoms with E-state index in [9.17, 15) is 9.59 Å². The second-order valence-corrected chi connectivity index (χ2v) is 7.76. The van der Waals surface area contributed by atoms with Gasteiger partial charge in [0.1, 0.15) is 0 Å². The van der Waals surface area contributed by atoms with Crippen molar-refractivity contribution in [1.29, 1.82) is 0 Å². The molecular weight excluding hydrogens is 308 g/mol. The molecule has 2 aliphatic rings. The van der Waals surface area contributed by atoms with Gasteiger partial charge in [-0.1, -0.05) is 6.92 Å². The number of carbonyl (C=O) groups is 2. The minimum atomic E-state index is 0.0714. The maximum absolute atomic E-state index is 12.7. The van der Waals surface area contributed by atoms with E-state index < -0.39 is 0 Å². The Labute approximate surface area is 142 Å². The Morgan fingerprint density at radius 3 is 2.70 bits per heavy atom. The average Bonchev–Trinajstić information content (AvgIpc) is 3.03. The van der Waals surface area contributed by atoms with Crippen LogP contribution in [0.1, 0.15) is 59.1 Å². The van der Waals surface area contributed by atoms with Gasteiger partial charge in [-0.25, -0.2) is 0 Å². The summed E-state index contributed by atoms with van der Waals surface area (Å²) in [5.41, 5.74) is 1.39. The highest BCUT2D eigenvalue weighted by molar-refractivity contribution is 7.14. The average molecular weight is 334 g/mol. The van der Waals surface area contributed by atoms with Crippen molar-refractivity contribution in [1.82, 2.24) is 10.2 Å². The van der Waals surface area contributed by atoms with E-state index in [1.165, 1.54) is 23.3 Å². The summed E-state index contributed by atoms with van der Waals surface area (Å²) < 4.78 is 0. The predicted octanol–water partition coefficient (Wildman–Crippen LogP) is 3.01. The lowest BCUT2D eigenvalue weighted by atomic mass is 9.95. The molecule has 0 atom stereocenters. The molecule has 0 aromatic carbocycles. The summed E-state index contributed by atoms with van der Waals surface area (Å²) in [5.74, 6) is 0.393. The standard InChI is InChI=1S/C18H26N2O2S/c1-2-9-19-17(21)13-7-10-20(11-8-13)18(22)16-12-14-5-3-4-6-15(14)23-16/h12-13H,2-11H2,1H3,(H,19,21). The van der Waals surface area contributed by atoms with Gasteiger partial charge in [0.2, 0.25) is 5.91 Å². The molecule has 0 saturated carbocycles. The maximum atomic E-state index is 12.7. The summed E-state index contributed by atoms with van der Waals surface area (Å²) in [4.78, 5) is 29.0. The molecule has 1 aromatic heterocycles. The van der Waals surface area contributed by atoms with E-state index in [-0.39, 0.29) is 17.7 Å². The summed E-state index contributed by atoms with van der Waals surface area (Å²) in [6.07, 6.45) is 7.28. The molecule has 1 aromatic rings. The van der Waals surface area contributed by atoms with Crippen LogP contribution in [0, 0.1) is 5.92 Å². The second-order valence-electron chi connectivity index (χ2n) is 6.62. The first-order chi connectivity index (χ1) is 11.2. The number of nitrogens with one attached hydrogen (secondary N) is 1. The van der Waals surface area contributed by atoms with Crippen LogP contribution in [0.4, 0.5) is 0 Å². The Kier molecular flexibility index (Phi) is 5.36. The number of nitrogens with zero attached hydrogens (tertiary/aromatic N) is 1. The van der Waals surface area contributed by atoms with E-state index in [2.05, 4.69) is 18.3 Å². The molecule has 2 heterocycles. The highest BCUT2D eigenvalue weighted by Crippen LogP contribution is 2.31. The Hall–Kier alpha value is -1.36. The molecule has 1 aliphatic carbocycles. The van der Waals surface area contributed by atoms with Gasteiger partial charge in [-0.2, -0.15) is 0 Å². The van der Waals surface area contributed by atoms with E-state index in [1.807, 2.05) is 4.90 Å². The van der Waals surface area contributed by atoms with Crippen molar-refractivity contribution < 1.29 is 9.59 Å². The molecule has 0 spiro atoms. The van der Waals surface area contributed by atoms with Crippen LogP contribution in [-0.4, -0.2) is 36.3 Å². The number of likely N-dealkylation sites (tertiary alicyclic amines) is 1. The zero-order valence-corrected chi connectivity index (χ0v) is 14.7. The number of hydrogen-bond donors (Lipinski definition) is 1. The van der Waals surface area contributed by atoms with Crippen molar-refractivity contribution in [3.63, 3.8) is 0 Å². The summed E-state index contributed by atoms with van der Waals surface area (Å²) in [7, 11) is 0. The third-order valence-electron chi connectivity index (χ3n) is 4.91. The summed E-state index contributed by atoms with van der Waals surface area (Å²) in [6.45, 7) is 4.21. The number of piperidine rings is 1. The first-order valence-corrected chi connectivity index (χ1v) is 9.69. The maximum Gasteiger partial charge on any atom is 0.263 e. The van der Waals surface area contributed by atoms with Crippen LogP contribution in [0.2, 0.25) is 0 Å². The fraction of sp³-hybridized carbons (Fsp3) is 0.667. The van der Waals surface area contributed by atoms with E-state index >= 15 is 0 Å². The van der Waals surface area contributed by atoms with Crippen molar-refractivity contribution in [2.75, 3.05) is 19.6 Å². The van der Waals surface area contributed by atoms with E-state index in [0.717, 1.165) is 43.5 Å². The molecule has 5 heteroatoms. The predicted molar refractivity (Wildman–Crippen MR) is 92.9 cm³/mol. The third-order valence-corrected chi connectivity index (χ3v) is 6.13. The summed E-state index contributed by atoms with van der Waals surface area (Å²) in [6, 6.07) is 2.11. The minimum Gasteiger partial charge on any atom is -0.356 e. The van der Waals surface area contributed by atoms with Crippen molar-refractivity contribution in [3.05, 3.63) is 21.4 Å². The van der Waals surface area contributed by atoms with Crippen molar-refractivity contribution in [3.8, 4) is 0 Å². The fourth-order valence-electron chi connectivity index (χ4n) is 3.49. The van der Waals surface area contributed by atoms with Gasteiger partial charge in [0.15, 0.2) is 0 Å². The quantitative estimate of drug-likeness (QED) is 0.920. The van der Waals surface area contributed by atoms with Gasteiger partial charge in [0, 0.05) is 30.4 Å². The van der Waals surface area contributed by atoms with Gasteiger partial charge in [-0.05, 0) is 56.6 Å². The second kappa shape index (κ2) is 7.47. The Balaban J connectivity index is 1.56. The molecule has 0 bridgehead atoms. The molecule has 4 nitrogen and oxygen atoms in total. The number of aryl methyl sites for hydroxylation is 2. The van der Waals surface area contributed by atoms with Gasteiger partial charge in [-0.3, -0.25) is 9.59 Å². The lowest BCUT2D eigenvalue weighted by molar-refractivity contribution is -0.126. The number of fused-ring (bicyclic) bond motifs is 1. The van der Waals surface area contributed by atoms with Crippen LogP contribution >= 0.6 is 11.3 Å². The topological polar surface area (TPSA) is 49.4 Å². The van der Waals surface area contributed by atoms with Gasteiger partial charge in [0.05, 0.1) is 4.88 Å². The number of thiophene rings is 1. The summed E-state index contributed by atoms with van der Waals surface area (Å²) in [5, 5.41) is 2.97. The lowest BCUT2D eigenvalue weighted by Crippen LogP contribution is -2.43. The monoisotopic (exact) mass is 334 g/mol. The van der Waals surface area contributed by atoms with Gasteiger partial charge in [-0.15, -0.1) is 11.3 Å². The highest BCUT2D eigenvalue weighted by Gasteiger charge is 2.28. The Morgan fingerprint density at radius 1 is 1.26 bits per heavy atom.